The largest absolute Gasteiger partial charge is 0.393 e. The maximum atomic E-state index is 9.22. The Morgan fingerprint density at radius 1 is 1.73 bits per heavy atom. The Labute approximate surface area is 92.3 Å². The number of hydrogen-bond donors (Lipinski definition) is 1. The summed E-state index contributed by atoms with van der Waals surface area (Å²) in [5.74, 6) is 2.63. The summed E-state index contributed by atoms with van der Waals surface area (Å²) in [6, 6.07) is 0. The Morgan fingerprint density at radius 2 is 2.53 bits per heavy atom. The molecule has 0 aromatic heterocycles. The Morgan fingerprint density at radius 3 is 3.20 bits per heavy atom. The molecule has 1 fully saturated rings. The number of aliphatic hydroxyl groups is 1. The monoisotopic (exact) mass is 208 g/mol. The molecule has 1 unspecified atom stereocenters. The van der Waals surface area contributed by atoms with E-state index in [0.717, 1.165) is 38.7 Å². The van der Waals surface area contributed by atoms with E-state index in [9.17, 15) is 5.11 Å². The van der Waals surface area contributed by atoms with Gasteiger partial charge >= 0.3 is 0 Å². The van der Waals surface area contributed by atoms with Crippen molar-refractivity contribution in [2.75, 3.05) is 6.61 Å². The van der Waals surface area contributed by atoms with Gasteiger partial charge in [-0.3, -0.25) is 0 Å². The van der Waals surface area contributed by atoms with Gasteiger partial charge in [-0.25, -0.2) is 0 Å². The third kappa shape index (κ3) is 5.01. The third-order valence-corrected chi connectivity index (χ3v) is 2.56. The Balaban J connectivity index is 2.21. The number of terminal acetylenes is 1. The molecule has 1 heterocycles. The van der Waals surface area contributed by atoms with E-state index < -0.39 is 0 Å². The van der Waals surface area contributed by atoms with Gasteiger partial charge in [-0.1, -0.05) is 6.08 Å². The van der Waals surface area contributed by atoms with Crippen molar-refractivity contribution in [1.82, 2.24) is 0 Å². The van der Waals surface area contributed by atoms with Crippen LogP contribution in [0.5, 0.6) is 0 Å². The second-order valence-corrected chi connectivity index (χ2v) is 4.18. The van der Waals surface area contributed by atoms with Crippen LogP contribution in [-0.2, 0) is 4.74 Å². The van der Waals surface area contributed by atoms with Crippen LogP contribution in [0.1, 0.15) is 39.0 Å². The van der Waals surface area contributed by atoms with Crippen molar-refractivity contribution >= 4 is 0 Å². The molecule has 0 aromatic rings. The van der Waals surface area contributed by atoms with E-state index in [1.807, 2.05) is 0 Å². The molecule has 1 saturated heterocycles. The Kier molecular flexibility index (Phi) is 5.45. The van der Waals surface area contributed by atoms with Crippen molar-refractivity contribution in [1.29, 1.82) is 0 Å². The van der Waals surface area contributed by atoms with Gasteiger partial charge in [0.1, 0.15) is 0 Å². The van der Waals surface area contributed by atoms with Gasteiger partial charge in [0.15, 0.2) is 0 Å². The van der Waals surface area contributed by atoms with Crippen molar-refractivity contribution in [2.45, 2.75) is 51.2 Å². The summed E-state index contributed by atoms with van der Waals surface area (Å²) in [5, 5.41) is 9.22. The number of ether oxygens (including phenoxy) is 1. The predicted molar refractivity (Wildman–Crippen MR) is 61.4 cm³/mol. The highest BCUT2D eigenvalue weighted by Crippen LogP contribution is 2.22. The van der Waals surface area contributed by atoms with E-state index in [0.29, 0.717) is 0 Å². The first-order valence-corrected chi connectivity index (χ1v) is 5.63. The zero-order valence-corrected chi connectivity index (χ0v) is 9.41. The zero-order valence-electron chi connectivity index (χ0n) is 9.41. The summed E-state index contributed by atoms with van der Waals surface area (Å²) in [7, 11) is 0. The van der Waals surface area contributed by atoms with Crippen LogP contribution < -0.4 is 0 Å². The summed E-state index contributed by atoms with van der Waals surface area (Å²) in [6.45, 7) is 2.53. The molecule has 2 atom stereocenters. The lowest BCUT2D eigenvalue weighted by Crippen LogP contribution is -2.13. The molecule has 0 saturated carbocycles. The van der Waals surface area contributed by atoms with Crippen molar-refractivity contribution in [3.05, 3.63) is 11.6 Å². The first-order valence-electron chi connectivity index (χ1n) is 5.63. The highest BCUT2D eigenvalue weighted by atomic mass is 16.5. The second kappa shape index (κ2) is 6.66. The molecule has 2 nitrogen and oxygen atoms in total. The second-order valence-electron chi connectivity index (χ2n) is 4.18. The van der Waals surface area contributed by atoms with Crippen molar-refractivity contribution in [2.24, 2.45) is 0 Å². The minimum atomic E-state index is -0.268. The van der Waals surface area contributed by atoms with Gasteiger partial charge in [0.05, 0.1) is 18.8 Å². The van der Waals surface area contributed by atoms with Crippen LogP contribution in [-0.4, -0.2) is 23.9 Å². The SMILES string of the molecule is C#CCCC/C=C1/COC(C[C@H](C)O)C1. The quantitative estimate of drug-likeness (QED) is 0.426. The number of allylic oxidation sites excluding steroid dienone is 1. The normalized spacial score (nSPS) is 25.4. The molecule has 15 heavy (non-hydrogen) atoms. The van der Waals surface area contributed by atoms with Crippen LogP contribution in [0.2, 0.25) is 0 Å². The molecule has 84 valence electrons. The van der Waals surface area contributed by atoms with Crippen LogP contribution >= 0.6 is 0 Å². The van der Waals surface area contributed by atoms with Gasteiger partial charge in [-0.05, 0) is 38.2 Å². The van der Waals surface area contributed by atoms with E-state index in [1.54, 1.807) is 6.92 Å². The fraction of sp³-hybridized carbons (Fsp3) is 0.692. The molecule has 1 aliphatic rings. The van der Waals surface area contributed by atoms with Gasteiger partial charge in [0, 0.05) is 6.42 Å². The Bertz CT molecular complexity index is 248. The maximum Gasteiger partial charge on any atom is 0.0681 e. The van der Waals surface area contributed by atoms with Gasteiger partial charge in [-0.2, -0.15) is 0 Å². The van der Waals surface area contributed by atoms with E-state index >= 15 is 0 Å². The van der Waals surface area contributed by atoms with Crippen molar-refractivity contribution < 1.29 is 9.84 Å². The molecule has 0 spiro atoms. The average Bonchev–Trinajstić information content (AvgIpc) is 2.59. The minimum absolute atomic E-state index is 0.212. The molecule has 1 N–H and O–H groups in total. The topological polar surface area (TPSA) is 29.5 Å². The third-order valence-electron chi connectivity index (χ3n) is 2.56. The fourth-order valence-corrected chi connectivity index (χ4v) is 1.82. The number of unbranched alkanes of at least 4 members (excludes halogenated alkanes) is 2. The minimum Gasteiger partial charge on any atom is -0.393 e. The van der Waals surface area contributed by atoms with Crippen molar-refractivity contribution in [3.8, 4) is 12.3 Å². The average molecular weight is 208 g/mol. The molecule has 0 aliphatic carbocycles. The van der Waals surface area contributed by atoms with Crippen LogP contribution in [0.25, 0.3) is 0 Å². The number of rotatable bonds is 5. The van der Waals surface area contributed by atoms with Gasteiger partial charge in [0.25, 0.3) is 0 Å². The summed E-state index contributed by atoms with van der Waals surface area (Å²) in [4.78, 5) is 0. The molecule has 2 heteroatoms. The fourth-order valence-electron chi connectivity index (χ4n) is 1.82. The van der Waals surface area contributed by atoms with Gasteiger partial charge in [-0.15, -0.1) is 12.3 Å². The van der Waals surface area contributed by atoms with Crippen LogP contribution in [0.4, 0.5) is 0 Å². The van der Waals surface area contributed by atoms with Crippen LogP contribution in [0.3, 0.4) is 0 Å². The standard InChI is InChI=1S/C13H20O2/c1-3-4-5-6-7-12-9-13(15-10-12)8-11(2)14/h1,7,11,13-14H,4-6,8-10H2,2H3/b12-7+/t11-,13?/m0/s1. The first kappa shape index (κ1) is 12.3. The number of aliphatic hydroxyl groups excluding tert-OH is 1. The molecule has 0 bridgehead atoms. The highest BCUT2D eigenvalue weighted by molar-refractivity contribution is 5.08. The van der Waals surface area contributed by atoms with Gasteiger partial charge < -0.3 is 9.84 Å². The van der Waals surface area contributed by atoms with Crippen LogP contribution in [0.15, 0.2) is 11.6 Å². The highest BCUT2D eigenvalue weighted by Gasteiger charge is 2.20. The molecular formula is C13H20O2. The first-order chi connectivity index (χ1) is 7.22. The van der Waals surface area contributed by atoms with Crippen LogP contribution in [0, 0.1) is 12.3 Å². The summed E-state index contributed by atoms with van der Waals surface area (Å²) >= 11 is 0. The Hall–Kier alpha value is -0.780. The lowest BCUT2D eigenvalue weighted by Gasteiger charge is -2.09. The van der Waals surface area contributed by atoms with Crippen molar-refractivity contribution in [3.63, 3.8) is 0 Å². The molecule has 1 rings (SSSR count). The summed E-state index contributed by atoms with van der Waals surface area (Å²) in [6.07, 6.45) is 12.0. The lowest BCUT2D eigenvalue weighted by atomic mass is 10.1. The van der Waals surface area contributed by atoms with E-state index in [2.05, 4.69) is 12.0 Å². The molecular weight excluding hydrogens is 188 g/mol. The zero-order chi connectivity index (χ0) is 11.1. The molecule has 1 aliphatic heterocycles. The van der Waals surface area contributed by atoms with E-state index in [4.69, 9.17) is 11.2 Å². The molecule has 0 amide bonds. The van der Waals surface area contributed by atoms with E-state index in [1.165, 1.54) is 5.57 Å². The summed E-state index contributed by atoms with van der Waals surface area (Å²) < 4.78 is 5.56. The lowest BCUT2D eigenvalue weighted by molar-refractivity contribution is 0.0616. The molecule has 0 radical (unpaired) electrons. The molecule has 0 aromatic carbocycles. The predicted octanol–water partition coefficient (Wildman–Crippen LogP) is 2.28. The van der Waals surface area contributed by atoms with E-state index in [-0.39, 0.29) is 12.2 Å². The smallest absolute Gasteiger partial charge is 0.0681 e. The maximum absolute atomic E-state index is 9.22. The number of hydrogen-bond acceptors (Lipinski definition) is 2. The summed E-state index contributed by atoms with van der Waals surface area (Å²) in [5.41, 5.74) is 1.36. The van der Waals surface area contributed by atoms with Gasteiger partial charge in [0.2, 0.25) is 0 Å².